The van der Waals surface area contributed by atoms with E-state index in [1.54, 1.807) is 0 Å². The van der Waals surface area contributed by atoms with Gasteiger partial charge in [0.25, 0.3) is 0 Å². The molecular formula is C15H27N3O3. The molecule has 1 heterocycles. The Labute approximate surface area is 126 Å². The molecule has 21 heavy (non-hydrogen) atoms. The molecule has 0 bridgehead atoms. The van der Waals surface area contributed by atoms with E-state index >= 15 is 0 Å². The molecule has 6 nitrogen and oxygen atoms in total. The SMILES string of the molecule is CC(C)(C)NC(=O)NC(=O)CN1CCOC2CCCCC21. The van der Waals surface area contributed by atoms with Crippen molar-refractivity contribution >= 4 is 11.9 Å². The van der Waals surface area contributed by atoms with E-state index in [2.05, 4.69) is 15.5 Å². The molecule has 0 radical (unpaired) electrons. The van der Waals surface area contributed by atoms with Gasteiger partial charge in [0.2, 0.25) is 5.91 Å². The minimum atomic E-state index is -0.430. The van der Waals surface area contributed by atoms with Gasteiger partial charge in [-0.1, -0.05) is 12.8 Å². The van der Waals surface area contributed by atoms with Crippen molar-refractivity contribution in [2.45, 2.75) is 64.1 Å². The molecule has 1 saturated carbocycles. The third-order valence-corrected chi connectivity index (χ3v) is 3.94. The summed E-state index contributed by atoms with van der Waals surface area (Å²) in [4.78, 5) is 25.9. The van der Waals surface area contributed by atoms with E-state index in [0.29, 0.717) is 12.6 Å². The molecule has 0 aromatic rings. The van der Waals surface area contributed by atoms with E-state index < -0.39 is 6.03 Å². The quantitative estimate of drug-likeness (QED) is 0.805. The molecule has 0 aromatic heterocycles. The summed E-state index contributed by atoms with van der Waals surface area (Å²) in [6.45, 7) is 7.34. The standard InChI is InChI=1S/C15H27N3O3/c1-15(2,3)17-14(20)16-13(19)10-18-8-9-21-12-7-5-4-6-11(12)18/h11-12H,4-10H2,1-3H3,(H2,16,17,19,20). The number of ether oxygens (including phenoxy) is 1. The molecule has 2 N–H and O–H groups in total. The molecule has 2 aliphatic rings. The van der Waals surface area contributed by atoms with Crippen LogP contribution in [0, 0.1) is 0 Å². The first kappa shape index (κ1) is 16.2. The van der Waals surface area contributed by atoms with Crippen LogP contribution in [0.4, 0.5) is 4.79 Å². The molecule has 2 fully saturated rings. The summed E-state index contributed by atoms with van der Waals surface area (Å²) < 4.78 is 5.79. The van der Waals surface area contributed by atoms with E-state index in [9.17, 15) is 9.59 Å². The Bertz CT molecular complexity index is 390. The zero-order chi connectivity index (χ0) is 15.5. The summed E-state index contributed by atoms with van der Waals surface area (Å²) in [5.41, 5.74) is -0.349. The number of fused-ring (bicyclic) bond motifs is 1. The first-order valence-corrected chi connectivity index (χ1v) is 7.83. The minimum absolute atomic E-state index is 0.247. The van der Waals surface area contributed by atoms with E-state index in [4.69, 9.17) is 4.74 Å². The lowest BCUT2D eigenvalue weighted by Crippen LogP contribution is -2.56. The monoisotopic (exact) mass is 297 g/mol. The first-order valence-electron chi connectivity index (χ1n) is 7.83. The highest BCUT2D eigenvalue weighted by Gasteiger charge is 2.35. The van der Waals surface area contributed by atoms with Crippen LogP contribution in [0.25, 0.3) is 0 Å². The second kappa shape index (κ2) is 6.75. The molecule has 6 heteroatoms. The molecule has 1 saturated heterocycles. The fourth-order valence-electron chi connectivity index (χ4n) is 3.10. The van der Waals surface area contributed by atoms with Crippen molar-refractivity contribution < 1.29 is 14.3 Å². The molecule has 1 aliphatic heterocycles. The van der Waals surface area contributed by atoms with Gasteiger partial charge < -0.3 is 10.1 Å². The Morgan fingerprint density at radius 3 is 2.67 bits per heavy atom. The summed E-state index contributed by atoms with van der Waals surface area (Å²) in [5, 5.41) is 5.14. The maximum Gasteiger partial charge on any atom is 0.321 e. The smallest absolute Gasteiger partial charge is 0.321 e. The summed E-state index contributed by atoms with van der Waals surface area (Å²) in [6, 6.07) is -0.107. The molecule has 3 amide bonds. The maximum atomic E-state index is 12.0. The lowest BCUT2D eigenvalue weighted by molar-refractivity contribution is -0.128. The van der Waals surface area contributed by atoms with Crippen LogP contribution in [-0.2, 0) is 9.53 Å². The second-order valence-electron chi connectivity index (χ2n) is 6.98. The Morgan fingerprint density at radius 2 is 1.95 bits per heavy atom. The van der Waals surface area contributed by atoms with E-state index in [0.717, 1.165) is 19.4 Å². The van der Waals surface area contributed by atoms with Crippen LogP contribution in [0.3, 0.4) is 0 Å². The fourth-order valence-corrected chi connectivity index (χ4v) is 3.10. The van der Waals surface area contributed by atoms with Crippen LogP contribution in [0.5, 0.6) is 0 Å². The molecule has 2 rings (SSSR count). The predicted molar refractivity (Wildman–Crippen MR) is 80.0 cm³/mol. The van der Waals surface area contributed by atoms with Gasteiger partial charge in [-0.15, -0.1) is 0 Å². The Hall–Kier alpha value is -1.14. The number of morpholine rings is 1. The maximum absolute atomic E-state index is 12.0. The highest BCUT2D eigenvalue weighted by Crippen LogP contribution is 2.28. The van der Waals surface area contributed by atoms with Crippen LogP contribution < -0.4 is 10.6 Å². The van der Waals surface area contributed by atoms with Gasteiger partial charge in [0.05, 0.1) is 19.3 Å². The molecule has 0 aromatic carbocycles. The highest BCUT2D eigenvalue weighted by molar-refractivity contribution is 5.95. The van der Waals surface area contributed by atoms with Crippen LogP contribution in [0.15, 0.2) is 0 Å². The van der Waals surface area contributed by atoms with Crippen molar-refractivity contribution in [1.82, 2.24) is 15.5 Å². The number of amides is 3. The van der Waals surface area contributed by atoms with Gasteiger partial charge in [-0.05, 0) is 33.6 Å². The van der Waals surface area contributed by atoms with E-state index in [-0.39, 0.29) is 24.1 Å². The lowest BCUT2D eigenvalue weighted by atomic mass is 9.90. The minimum Gasteiger partial charge on any atom is -0.375 e. The van der Waals surface area contributed by atoms with Gasteiger partial charge >= 0.3 is 6.03 Å². The second-order valence-corrected chi connectivity index (χ2v) is 6.98. The molecular weight excluding hydrogens is 270 g/mol. The number of imide groups is 1. The first-order chi connectivity index (χ1) is 9.85. The number of nitrogens with one attached hydrogen (secondary N) is 2. The molecule has 120 valence electrons. The lowest BCUT2D eigenvalue weighted by Gasteiger charge is -2.43. The van der Waals surface area contributed by atoms with Gasteiger partial charge in [-0.3, -0.25) is 15.0 Å². The van der Waals surface area contributed by atoms with Crippen LogP contribution in [-0.4, -0.2) is 54.2 Å². The number of urea groups is 1. The summed E-state index contributed by atoms with van der Waals surface area (Å²) in [7, 11) is 0. The summed E-state index contributed by atoms with van der Waals surface area (Å²) in [5.74, 6) is -0.247. The Morgan fingerprint density at radius 1 is 1.24 bits per heavy atom. The number of nitrogens with zero attached hydrogens (tertiary/aromatic N) is 1. The zero-order valence-electron chi connectivity index (χ0n) is 13.3. The average molecular weight is 297 g/mol. The van der Waals surface area contributed by atoms with Gasteiger partial charge in [0.15, 0.2) is 0 Å². The van der Waals surface area contributed by atoms with Gasteiger partial charge in [0, 0.05) is 18.1 Å². The number of rotatable bonds is 2. The van der Waals surface area contributed by atoms with Crippen molar-refractivity contribution in [3.05, 3.63) is 0 Å². The molecule has 2 unspecified atom stereocenters. The molecule has 2 atom stereocenters. The van der Waals surface area contributed by atoms with Gasteiger partial charge in [-0.25, -0.2) is 4.79 Å². The fraction of sp³-hybridized carbons (Fsp3) is 0.867. The van der Waals surface area contributed by atoms with E-state index in [1.165, 1.54) is 12.8 Å². The Kier molecular flexibility index (Phi) is 5.22. The van der Waals surface area contributed by atoms with Crippen molar-refractivity contribution in [2.75, 3.05) is 19.7 Å². The number of hydrogen-bond donors (Lipinski definition) is 2. The third kappa shape index (κ3) is 4.97. The van der Waals surface area contributed by atoms with Crippen molar-refractivity contribution in [3.8, 4) is 0 Å². The van der Waals surface area contributed by atoms with Crippen molar-refractivity contribution in [2.24, 2.45) is 0 Å². The number of hydrogen-bond acceptors (Lipinski definition) is 4. The molecule has 1 aliphatic carbocycles. The van der Waals surface area contributed by atoms with Crippen LogP contribution >= 0.6 is 0 Å². The third-order valence-electron chi connectivity index (χ3n) is 3.94. The molecule has 0 spiro atoms. The zero-order valence-corrected chi connectivity index (χ0v) is 13.3. The number of carbonyl (C=O) groups is 2. The summed E-state index contributed by atoms with van der Waals surface area (Å²) in [6.07, 6.45) is 4.80. The normalized spacial score (nSPS) is 26.8. The van der Waals surface area contributed by atoms with Crippen LogP contribution in [0.2, 0.25) is 0 Å². The van der Waals surface area contributed by atoms with Crippen molar-refractivity contribution in [3.63, 3.8) is 0 Å². The summed E-state index contributed by atoms with van der Waals surface area (Å²) >= 11 is 0. The predicted octanol–water partition coefficient (Wildman–Crippen LogP) is 1.25. The number of carbonyl (C=O) groups excluding carboxylic acids is 2. The average Bonchev–Trinajstić information content (AvgIpc) is 2.36. The van der Waals surface area contributed by atoms with Gasteiger partial charge in [-0.2, -0.15) is 0 Å². The van der Waals surface area contributed by atoms with E-state index in [1.807, 2.05) is 20.8 Å². The highest BCUT2D eigenvalue weighted by atomic mass is 16.5. The Balaban J connectivity index is 1.82. The largest absolute Gasteiger partial charge is 0.375 e. The van der Waals surface area contributed by atoms with Crippen molar-refractivity contribution in [1.29, 1.82) is 0 Å². The topological polar surface area (TPSA) is 70.7 Å². The van der Waals surface area contributed by atoms with Crippen LogP contribution in [0.1, 0.15) is 46.5 Å². The van der Waals surface area contributed by atoms with Gasteiger partial charge in [0.1, 0.15) is 0 Å².